The molecule has 3 rings (SSSR count). The zero-order valence-corrected chi connectivity index (χ0v) is 16.4. The van der Waals surface area contributed by atoms with E-state index in [2.05, 4.69) is 5.32 Å². The van der Waals surface area contributed by atoms with Gasteiger partial charge in [0.25, 0.3) is 0 Å². The molecule has 0 bridgehead atoms. The van der Waals surface area contributed by atoms with Crippen LogP contribution in [-0.2, 0) is 19.9 Å². The fourth-order valence-electron chi connectivity index (χ4n) is 3.84. The first-order valence-corrected chi connectivity index (χ1v) is 9.79. The number of carboxylic acids is 1. The van der Waals surface area contributed by atoms with Crippen molar-refractivity contribution < 1.29 is 24.2 Å². The molecule has 7 heteroatoms. The Labute approximate surface area is 165 Å². The number of amides is 2. The summed E-state index contributed by atoms with van der Waals surface area (Å²) in [6.45, 7) is 2.81. The highest BCUT2D eigenvalue weighted by Gasteiger charge is 2.39. The van der Waals surface area contributed by atoms with Crippen LogP contribution in [0.15, 0.2) is 24.3 Å². The van der Waals surface area contributed by atoms with E-state index >= 15 is 0 Å². The van der Waals surface area contributed by atoms with Crippen LogP contribution in [0.1, 0.15) is 44.6 Å². The number of benzene rings is 1. The van der Waals surface area contributed by atoms with Crippen LogP contribution in [-0.4, -0.2) is 48.0 Å². The number of rotatable bonds is 7. The number of likely N-dealkylation sites (tertiary alicyclic amines) is 1. The molecule has 28 heavy (non-hydrogen) atoms. The Kier molecular flexibility index (Phi) is 5.91. The maximum atomic E-state index is 13.0. The number of carbonyl (C=O) groups excluding carboxylic acids is 2. The molecule has 1 saturated carbocycles. The summed E-state index contributed by atoms with van der Waals surface area (Å²) in [5, 5.41) is 12.4. The highest BCUT2D eigenvalue weighted by molar-refractivity contribution is 5.84. The predicted octanol–water partition coefficient (Wildman–Crippen LogP) is 2.15. The molecule has 0 spiro atoms. The van der Waals surface area contributed by atoms with Crippen LogP contribution in [0.4, 0.5) is 0 Å². The number of hydrogen-bond donors (Lipinski definition) is 2. The number of methoxy groups -OCH3 is 1. The van der Waals surface area contributed by atoms with Crippen LogP contribution >= 0.6 is 0 Å². The van der Waals surface area contributed by atoms with Gasteiger partial charge in [0, 0.05) is 19.0 Å². The lowest BCUT2D eigenvalue weighted by atomic mass is 9.86. The molecule has 2 aliphatic rings. The minimum absolute atomic E-state index is 0.135. The number of hydrogen-bond acceptors (Lipinski definition) is 4. The highest BCUT2D eigenvalue weighted by Crippen LogP contribution is 2.33. The van der Waals surface area contributed by atoms with E-state index in [-0.39, 0.29) is 30.1 Å². The van der Waals surface area contributed by atoms with Crippen molar-refractivity contribution in [3.8, 4) is 5.75 Å². The van der Waals surface area contributed by atoms with E-state index in [4.69, 9.17) is 4.74 Å². The minimum Gasteiger partial charge on any atom is -0.497 e. The van der Waals surface area contributed by atoms with Gasteiger partial charge >= 0.3 is 5.97 Å². The van der Waals surface area contributed by atoms with Gasteiger partial charge < -0.3 is 20.1 Å². The molecule has 1 aromatic rings. The molecule has 0 aromatic heterocycles. The van der Waals surface area contributed by atoms with E-state index in [0.717, 1.165) is 19.3 Å². The van der Waals surface area contributed by atoms with Gasteiger partial charge in [-0.2, -0.15) is 0 Å². The van der Waals surface area contributed by atoms with Gasteiger partial charge in [-0.25, -0.2) is 0 Å². The summed E-state index contributed by atoms with van der Waals surface area (Å²) in [6, 6.07) is 7.08. The van der Waals surface area contributed by atoms with Crippen molar-refractivity contribution in [1.29, 1.82) is 0 Å². The Balaban J connectivity index is 1.75. The Morgan fingerprint density at radius 1 is 1.25 bits per heavy atom. The summed E-state index contributed by atoms with van der Waals surface area (Å²) in [6.07, 6.45) is 3.12. The number of aliphatic carboxylic acids is 1. The molecule has 1 aromatic carbocycles. The van der Waals surface area contributed by atoms with Crippen molar-refractivity contribution in [1.82, 2.24) is 10.2 Å². The fraction of sp³-hybridized carbons (Fsp3) is 0.571. The van der Waals surface area contributed by atoms with Crippen LogP contribution in [0, 0.1) is 11.8 Å². The first-order chi connectivity index (χ1) is 13.3. The molecular formula is C21H28N2O5. The van der Waals surface area contributed by atoms with Gasteiger partial charge in [0.1, 0.15) is 5.75 Å². The maximum absolute atomic E-state index is 13.0. The van der Waals surface area contributed by atoms with E-state index < -0.39 is 11.5 Å². The molecule has 1 heterocycles. The van der Waals surface area contributed by atoms with Gasteiger partial charge in [0.05, 0.1) is 25.0 Å². The zero-order chi connectivity index (χ0) is 20.3. The molecule has 1 aliphatic carbocycles. The number of piperidine rings is 1. The summed E-state index contributed by atoms with van der Waals surface area (Å²) in [5.41, 5.74) is -0.399. The quantitative estimate of drug-likeness (QED) is 0.746. The first-order valence-electron chi connectivity index (χ1n) is 9.79. The summed E-state index contributed by atoms with van der Waals surface area (Å²) in [5.74, 6) is -0.647. The smallest absolute Gasteiger partial charge is 0.306 e. The number of carboxylic acid groups (broad SMARTS) is 1. The van der Waals surface area contributed by atoms with E-state index in [0.29, 0.717) is 30.8 Å². The SMILES string of the molecule is COc1cccc(C(C)(CC(=O)O)NC(=O)C2CCCN(C(=O)C3CC3)C2)c1. The summed E-state index contributed by atoms with van der Waals surface area (Å²) in [7, 11) is 1.54. The second-order valence-electron chi connectivity index (χ2n) is 8.02. The predicted molar refractivity (Wildman–Crippen MR) is 103 cm³/mol. The minimum atomic E-state index is -1.07. The molecule has 7 nitrogen and oxygen atoms in total. The van der Waals surface area contributed by atoms with E-state index in [1.807, 2.05) is 0 Å². The highest BCUT2D eigenvalue weighted by atomic mass is 16.5. The monoisotopic (exact) mass is 388 g/mol. The van der Waals surface area contributed by atoms with Crippen molar-refractivity contribution in [3.05, 3.63) is 29.8 Å². The second kappa shape index (κ2) is 8.20. The van der Waals surface area contributed by atoms with Gasteiger partial charge in [-0.3, -0.25) is 14.4 Å². The molecule has 2 atom stereocenters. The third kappa shape index (κ3) is 4.64. The lowest BCUT2D eigenvalue weighted by molar-refractivity contribution is -0.139. The molecule has 1 aliphatic heterocycles. The average molecular weight is 388 g/mol. The van der Waals surface area contributed by atoms with Crippen LogP contribution in [0.5, 0.6) is 5.75 Å². The molecule has 2 fully saturated rings. The topological polar surface area (TPSA) is 95.9 Å². The Bertz CT molecular complexity index is 761. The van der Waals surface area contributed by atoms with Gasteiger partial charge in [-0.15, -0.1) is 0 Å². The van der Waals surface area contributed by atoms with Crippen LogP contribution in [0.25, 0.3) is 0 Å². The normalized spacial score (nSPS) is 21.5. The van der Waals surface area contributed by atoms with E-state index in [1.54, 1.807) is 43.2 Å². The van der Waals surface area contributed by atoms with Crippen molar-refractivity contribution in [2.24, 2.45) is 11.8 Å². The van der Waals surface area contributed by atoms with Crippen LogP contribution < -0.4 is 10.1 Å². The summed E-state index contributed by atoms with van der Waals surface area (Å²) < 4.78 is 5.24. The molecule has 2 amide bonds. The number of carbonyl (C=O) groups is 3. The molecule has 2 N–H and O–H groups in total. The molecule has 1 saturated heterocycles. The maximum Gasteiger partial charge on any atom is 0.306 e. The molecule has 2 unspecified atom stereocenters. The van der Waals surface area contributed by atoms with Gasteiger partial charge in [-0.1, -0.05) is 12.1 Å². The Hall–Kier alpha value is -2.57. The first kappa shape index (κ1) is 20.2. The summed E-state index contributed by atoms with van der Waals surface area (Å²) >= 11 is 0. The van der Waals surface area contributed by atoms with E-state index in [9.17, 15) is 19.5 Å². The third-order valence-electron chi connectivity index (χ3n) is 5.64. The van der Waals surface area contributed by atoms with Gasteiger partial charge in [-0.05, 0) is 50.3 Å². The van der Waals surface area contributed by atoms with E-state index in [1.165, 1.54) is 0 Å². The largest absolute Gasteiger partial charge is 0.497 e. The number of nitrogens with one attached hydrogen (secondary N) is 1. The van der Waals surface area contributed by atoms with Crippen molar-refractivity contribution in [2.45, 2.75) is 44.6 Å². The number of ether oxygens (including phenoxy) is 1. The Morgan fingerprint density at radius 3 is 2.64 bits per heavy atom. The van der Waals surface area contributed by atoms with Crippen LogP contribution in [0.3, 0.4) is 0 Å². The molecule has 152 valence electrons. The van der Waals surface area contributed by atoms with Crippen molar-refractivity contribution in [2.75, 3.05) is 20.2 Å². The lowest BCUT2D eigenvalue weighted by Crippen LogP contribution is -2.51. The number of nitrogens with zero attached hydrogens (tertiary/aromatic N) is 1. The van der Waals surface area contributed by atoms with Crippen LogP contribution in [0.2, 0.25) is 0 Å². The second-order valence-corrected chi connectivity index (χ2v) is 8.02. The fourth-order valence-corrected chi connectivity index (χ4v) is 3.84. The molecular weight excluding hydrogens is 360 g/mol. The average Bonchev–Trinajstić information content (AvgIpc) is 3.52. The van der Waals surface area contributed by atoms with Gasteiger partial charge in [0.2, 0.25) is 11.8 Å². The van der Waals surface area contributed by atoms with Crippen molar-refractivity contribution in [3.63, 3.8) is 0 Å². The van der Waals surface area contributed by atoms with Gasteiger partial charge in [0.15, 0.2) is 0 Å². The van der Waals surface area contributed by atoms with Crippen molar-refractivity contribution >= 4 is 17.8 Å². The summed E-state index contributed by atoms with van der Waals surface area (Å²) in [4.78, 5) is 38.6. The molecule has 0 radical (unpaired) electrons. The third-order valence-corrected chi connectivity index (χ3v) is 5.64. The lowest BCUT2D eigenvalue weighted by Gasteiger charge is -2.36. The Morgan fingerprint density at radius 2 is 2.00 bits per heavy atom. The standard InChI is InChI=1S/C21H28N2O5/c1-21(12-18(24)25,16-6-3-7-17(11-16)28-2)22-19(26)15-5-4-10-23(13-15)20(27)14-8-9-14/h3,6-7,11,14-15H,4-5,8-10,12-13H2,1-2H3,(H,22,26)(H,24,25). The zero-order valence-electron chi connectivity index (χ0n) is 16.4.